The van der Waals surface area contributed by atoms with E-state index in [-0.39, 0.29) is 41.5 Å². The van der Waals surface area contributed by atoms with E-state index in [9.17, 15) is 16.8 Å². The molecule has 1 saturated heterocycles. The van der Waals surface area contributed by atoms with E-state index in [1.807, 2.05) is 6.07 Å². The Kier molecular flexibility index (Phi) is 5.11. The molecule has 3 rings (SSSR count). The van der Waals surface area contributed by atoms with Crippen molar-refractivity contribution in [3.05, 3.63) is 60.2 Å². The number of sulfonamides is 2. The first-order chi connectivity index (χ1) is 12.4. The molecule has 1 fully saturated rings. The minimum absolute atomic E-state index is 0.0379. The van der Waals surface area contributed by atoms with Gasteiger partial charge in [-0.1, -0.05) is 24.3 Å². The quantitative estimate of drug-likeness (QED) is 0.781. The number of hydrogen-bond donors (Lipinski definition) is 0. The van der Waals surface area contributed by atoms with E-state index in [2.05, 4.69) is 0 Å². The highest BCUT2D eigenvalue weighted by Gasteiger charge is 2.33. The van der Waals surface area contributed by atoms with Gasteiger partial charge in [0, 0.05) is 26.2 Å². The molecule has 1 heterocycles. The number of nitrogens with zero attached hydrogens (tertiary/aromatic N) is 3. The zero-order valence-corrected chi connectivity index (χ0v) is 15.4. The van der Waals surface area contributed by atoms with Crippen LogP contribution in [0.15, 0.2) is 64.4 Å². The zero-order valence-electron chi connectivity index (χ0n) is 13.8. The maximum absolute atomic E-state index is 12.7. The summed E-state index contributed by atoms with van der Waals surface area (Å²) in [5, 5.41) is 8.94. The lowest BCUT2D eigenvalue weighted by molar-refractivity contribution is 0.273. The van der Waals surface area contributed by atoms with Crippen LogP contribution in [0.25, 0.3) is 0 Å². The van der Waals surface area contributed by atoms with Crippen molar-refractivity contribution in [3.8, 4) is 6.07 Å². The molecule has 0 atom stereocenters. The summed E-state index contributed by atoms with van der Waals surface area (Å²) in [4.78, 5) is 0.231. The Balaban J connectivity index is 1.77. The molecule has 7 nitrogen and oxygen atoms in total. The lowest BCUT2D eigenvalue weighted by atomic mass is 10.2. The van der Waals surface area contributed by atoms with Gasteiger partial charge in [-0.2, -0.15) is 13.9 Å². The number of rotatable bonds is 4. The molecule has 136 valence electrons. The molecule has 0 bridgehead atoms. The summed E-state index contributed by atoms with van der Waals surface area (Å²) in [6, 6.07) is 15.8. The summed E-state index contributed by atoms with van der Waals surface area (Å²) < 4.78 is 53.2. The van der Waals surface area contributed by atoms with Crippen LogP contribution in [-0.4, -0.2) is 51.6 Å². The molecule has 0 unspecified atom stereocenters. The van der Waals surface area contributed by atoms with Crippen LogP contribution in [0.1, 0.15) is 5.56 Å². The molecule has 0 radical (unpaired) electrons. The molecule has 2 aromatic rings. The van der Waals surface area contributed by atoms with E-state index in [0.29, 0.717) is 0 Å². The average Bonchev–Trinajstić information content (AvgIpc) is 2.68. The molecule has 0 saturated carbocycles. The van der Waals surface area contributed by atoms with E-state index < -0.39 is 20.0 Å². The third kappa shape index (κ3) is 3.50. The summed E-state index contributed by atoms with van der Waals surface area (Å²) in [6.45, 7) is 0.277. The highest BCUT2D eigenvalue weighted by molar-refractivity contribution is 7.89. The second kappa shape index (κ2) is 7.17. The fourth-order valence-electron chi connectivity index (χ4n) is 2.77. The maximum Gasteiger partial charge on any atom is 0.243 e. The van der Waals surface area contributed by atoms with Crippen molar-refractivity contribution in [2.45, 2.75) is 9.79 Å². The van der Waals surface area contributed by atoms with Gasteiger partial charge in [-0.05, 0) is 30.3 Å². The number of benzene rings is 2. The molecule has 0 amide bonds. The monoisotopic (exact) mass is 391 g/mol. The fraction of sp³-hybridized carbons (Fsp3) is 0.235. The Morgan fingerprint density at radius 3 is 1.77 bits per heavy atom. The molecule has 26 heavy (non-hydrogen) atoms. The van der Waals surface area contributed by atoms with E-state index in [4.69, 9.17) is 5.26 Å². The smallest absolute Gasteiger partial charge is 0.207 e. The number of hydrogen-bond acceptors (Lipinski definition) is 5. The second-order valence-electron chi connectivity index (χ2n) is 5.76. The Bertz CT molecular complexity index is 1040. The van der Waals surface area contributed by atoms with Crippen LogP contribution in [0, 0.1) is 11.3 Å². The first-order valence-corrected chi connectivity index (χ1v) is 10.8. The third-order valence-corrected chi connectivity index (χ3v) is 7.99. The van der Waals surface area contributed by atoms with Crippen molar-refractivity contribution < 1.29 is 16.8 Å². The van der Waals surface area contributed by atoms with Gasteiger partial charge in [0.05, 0.1) is 21.4 Å². The minimum Gasteiger partial charge on any atom is -0.207 e. The summed E-state index contributed by atoms with van der Waals surface area (Å²) in [7, 11) is -7.40. The molecular formula is C17H17N3O4S2. The molecule has 0 aliphatic carbocycles. The highest BCUT2D eigenvalue weighted by Crippen LogP contribution is 2.22. The fourth-order valence-corrected chi connectivity index (χ4v) is 5.68. The van der Waals surface area contributed by atoms with Crippen molar-refractivity contribution in [1.82, 2.24) is 8.61 Å². The Morgan fingerprint density at radius 2 is 1.23 bits per heavy atom. The Morgan fingerprint density at radius 1 is 0.731 bits per heavy atom. The maximum atomic E-state index is 12.7. The van der Waals surface area contributed by atoms with E-state index in [1.165, 1.54) is 45.0 Å². The summed E-state index contributed by atoms with van der Waals surface area (Å²) in [5.41, 5.74) is 0.261. The largest absolute Gasteiger partial charge is 0.243 e. The molecule has 0 N–H and O–H groups in total. The molecule has 1 aliphatic rings. The van der Waals surface area contributed by atoms with Gasteiger partial charge < -0.3 is 0 Å². The van der Waals surface area contributed by atoms with Crippen LogP contribution in [-0.2, 0) is 20.0 Å². The molecule has 0 spiro atoms. The average molecular weight is 391 g/mol. The van der Waals surface area contributed by atoms with Crippen LogP contribution < -0.4 is 0 Å². The third-order valence-electron chi connectivity index (χ3n) is 4.18. The summed E-state index contributed by atoms with van der Waals surface area (Å²) >= 11 is 0. The first kappa shape index (κ1) is 18.5. The van der Waals surface area contributed by atoms with Crippen molar-refractivity contribution in [1.29, 1.82) is 5.26 Å². The van der Waals surface area contributed by atoms with Gasteiger partial charge in [0.1, 0.15) is 0 Å². The normalized spacial score (nSPS) is 16.9. The summed E-state index contributed by atoms with van der Waals surface area (Å²) in [5.74, 6) is 0. The predicted octanol–water partition coefficient (Wildman–Crippen LogP) is 1.25. The van der Waals surface area contributed by atoms with Crippen LogP contribution in [0.5, 0.6) is 0 Å². The van der Waals surface area contributed by atoms with E-state index in [0.717, 1.165) is 0 Å². The molecule has 1 aliphatic heterocycles. The van der Waals surface area contributed by atoms with Gasteiger partial charge in [0.25, 0.3) is 0 Å². The predicted molar refractivity (Wildman–Crippen MR) is 95.1 cm³/mol. The van der Waals surface area contributed by atoms with E-state index in [1.54, 1.807) is 18.2 Å². The van der Waals surface area contributed by atoms with Gasteiger partial charge in [-0.25, -0.2) is 16.8 Å². The first-order valence-electron chi connectivity index (χ1n) is 7.91. The van der Waals surface area contributed by atoms with Crippen LogP contribution in [0.4, 0.5) is 0 Å². The molecule has 0 aromatic heterocycles. The second-order valence-corrected chi connectivity index (χ2v) is 9.64. The lowest BCUT2D eigenvalue weighted by Crippen LogP contribution is -2.50. The van der Waals surface area contributed by atoms with Crippen LogP contribution in [0.2, 0.25) is 0 Å². The standard InChI is InChI=1S/C17H17N3O4S2/c18-14-15-5-4-8-17(13-15)26(23,24)20-11-9-19(10-12-20)25(21,22)16-6-2-1-3-7-16/h1-8,13H,9-12H2. The highest BCUT2D eigenvalue weighted by atomic mass is 32.2. The number of nitriles is 1. The zero-order chi connectivity index (χ0) is 18.8. The number of piperazine rings is 1. The van der Waals surface area contributed by atoms with E-state index >= 15 is 0 Å². The molecule has 9 heteroatoms. The lowest BCUT2D eigenvalue weighted by Gasteiger charge is -2.33. The molecule has 2 aromatic carbocycles. The van der Waals surface area contributed by atoms with Gasteiger partial charge in [-0.15, -0.1) is 0 Å². The Hall–Kier alpha value is -2.25. The topological polar surface area (TPSA) is 98.5 Å². The van der Waals surface area contributed by atoms with Crippen molar-refractivity contribution in [2.24, 2.45) is 0 Å². The summed E-state index contributed by atoms with van der Waals surface area (Å²) in [6.07, 6.45) is 0. The van der Waals surface area contributed by atoms with Crippen LogP contribution >= 0.6 is 0 Å². The van der Waals surface area contributed by atoms with Crippen molar-refractivity contribution in [2.75, 3.05) is 26.2 Å². The van der Waals surface area contributed by atoms with Gasteiger partial charge in [0.15, 0.2) is 0 Å². The SMILES string of the molecule is N#Cc1cccc(S(=O)(=O)N2CCN(S(=O)(=O)c3ccccc3)CC2)c1. The van der Waals surface area contributed by atoms with Gasteiger partial charge in [-0.3, -0.25) is 0 Å². The Labute approximate surface area is 153 Å². The van der Waals surface area contributed by atoms with Gasteiger partial charge >= 0.3 is 0 Å². The van der Waals surface area contributed by atoms with Crippen LogP contribution in [0.3, 0.4) is 0 Å². The van der Waals surface area contributed by atoms with Gasteiger partial charge in [0.2, 0.25) is 20.0 Å². The molecular weight excluding hydrogens is 374 g/mol. The van der Waals surface area contributed by atoms with Crippen molar-refractivity contribution >= 4 is 20.0 Å². The van der Waals surface area contributed by atoms with Crippen molar-refractivity contribution in [3.63, 3.8) is 0 Å². The minimum atomic E-state index is -3.77.